The number of amides is 2. The second-order valence-electron chi connectivity index (χ2n) is 6.26. The Bertz CT molecular complexity index is 891. The zero-order chi connectivity index (χ0) is 20.1. The van der Waals surface area contributed by atoms with Crippen LogP contribution in [-0.2, 0) is 9.59 Å². The SMILES string of the molecule is CN(CC(=O)Nc1ccc(Cl)c(Cl)c1)CC(=O)Nc1ccc2c(c1)OCCO2. The van der Waals surface area contributed by atoms with Gasteiger partial charge in [-0.1, -0.05) is 23.2 Å². The maximum Gasteiger partial charge on any atom is 0.238 e. The number of likely N-dealkylation sites (N-methyl/N-ethyl adjacent to an activating group) is 1. The van der Waals surface area contributed by atoms with Crippen molar-refractivity contribution in [3.8, 4) is 11.5 Å². The summed E-state index contributed by atoms with van der Waals surface area (Å²) in [5.41, 5.74) is 1.14. The van der Waals surface area contributed by atoms with Crippen LogP contribution in [0.2, 0.25) is 10.0 Å². The van der Waals surface area contributed by atoms with Crippen molar-refractivity contribution in [3.05, 3.63) is 46.4 Å². The van der Waals surface area contributed by atoms with Gasteiger partial charge in [0.05, 0.1) is 23.1 Å². The quantitative estimate of drug-likeness (QED) is 0.744. The molecule has 9 heteroatoms. The second kappa shape index (κ2) is 9.14. The van der Waals surface area contributed by atoms with Crippen molar-refractivity contribution < 1.29 is 19.1 Å². The van der Waals surface area contributed by atoms with Gasteiger partial charge in [0.1, 0.15) is 13.2 Å². The second-order valence-corrected chi connectivity index (χ2v) is 7.07. The summed E-state index contributed by atoms with van der Waals surface area (Å²) in [7, 11) is 1.68. The Balaban J connectivity index is 1.48. The van der Waals surface area contributed by atoms with E-state index in [1.807, 2.05) is 0 Å². The highest BCUT2D eigenvalue weighted by Gasteiger charge is 2.15. The normalized spacial score (nSPS) is 12.6. The minimum Gasteiger partial charge on any atom is -0.486 e. The lowest BCUT2D eigenvalue weighted by Gasteiger charge is -2.19. The van der Waals surface area contributed by atoms with Crippen molar-refractivity contribution >= 4 is 46.4 Å². The molecule has 28 heavy (non-hydrogen) atoms. The molecule has 1 heterocycles. The molecule has 0 atom stereocenters. The fourth-order valence-electron chi connectivity index (χ4n) is 2.64. The van der Waals surface area contributed by atoms with Gasteiger partial charge in [0.25, 0.3) is 0 Å². The molecule has 1 aliphatic rings. The molecular formula is C19H19Cl2N3O4. The lowest BCUT2D eigenvalue weighted by atomic mass is 10.2. The molecule has 0 saturated carbocycles. The van der Waals surface area contributed by atoms with E-state index >= 15 is 0 Å². The third kappa shape index (κ3) is 5.51. The van der Waals surface area contributed by atoms with E-state index in [1.165, 1.54) is 0 Å². The van der Waals surface area contributed by atoms with Crippen molar-refractivity contribution in [2.24, 2.45) is 0 Å². The summed E-state index contributed by atoms with van der Waals surface area (Å²) in [5, 5.41) is 6.25. The monoisotopic (exact) mass is 423 g/mol. The van der Waals surface area contributed by atoms with E-state index < -0.39 is 0 Å². The van der Waals surface area contributed by atoms with Crippen molar-refractivity contribution in [3.63, 3.8) is 0 Å². The first kappa shape index (κ1) is 20.3. The van der Waals surface area contributed by atoms with Crippen LogP contribution in [0.25, 0.3) is 0 Å². The number of rotatable bonds is 6. The Labute approximate surface area is 172 Å². The largest absolute Gasteiger partial charge is 0.486 e. The number of carbonyl (C=O) groups is 2. The van der Waals surface area contributed by atoms with Crippen molar-refractivity contribution in [1.29, 1.82) is 0 Å². The fraction of sp³-hybridized carbons (Fsp3) is 0.263. The molecular weight excluding hydrogens is 405 g/mol. The molecule has 0 bridgehead atoms. The maximum absolute atomic E-state index is 12.2. The Kier molecular flexibility index (Phi) is 6.61. The highest BCUT2D eigenvalue weighted by Crippen LogP contribution is 2.32. The lowest BCUT2D eigenvalue weighted by Crippen LogP contribution is -2.36. The highest BCUT2D eigenvalue weighted by molar-refractivity contribution is 6.42. The van der Waals surface area contributed by atoms with Gasteiger partial charge in [0.2, 0.25) is 11.8 Å². The molecule has 0 spiro atoms. The van der Waals surface area contributed by atoms with E-state index in [1.54, 1.807) is 48.3 Å². The zero-order valence-electron chi connectivity index (χ0n) is 15.1. The van der Waals surface area contributed by atoms with Crippen molar-refractivity contribution in [2.75, 3.05) is 44.0 Å². The van der Waals surface area contributed by atoms with E-state index in [9.17, 15) is 9.59 Å². The minimum atomic E-state index is -0.270. The van der Waals surface area contributed by atoms with Crippen LogP contribution in [-0.4, -0.2) is 50.1 Å². The van der Waals surface area contributed by atoms with Crippen LogP contribution in [0.5, 0.6) is 11.5 Å². The van der Waals surface area contributed by atoms with E-state index in [0.29, 0.717) is 46.1 Å². The van der Waals surface area contributed by atoms with E-state index in [-0.39, 0.29) is 24.9 Å². The van der Waals surface area contributed by atoms with Crippen LogP contribution in [0.3, 0.4) is 0 Å². The van der Waals surface area contributed by atoms with Gasteiger partial charge in [-0.25, -0.2) is 0 Å². The number of hydrogen-bond acceptors (Lipinski definition) is 5. The lowest BCUT2D eigenvalue weighted by molar-refractivity contribution is -0.119. The van der Waals surface area contributed by atoms with Gasteiger partial charge in [-0.15, -0.1) is 0 Å². The van der Waals surface area contributed by atoms with Gasteiger partial charge in [-0.05, 0) is 37.4 Å². The number of fused-ring (bicyclic) bond motifs is 1. The zero-order valence-corrected chi connectivity index (χ0v) is 16.6. The Morgan fingerprint density at radius 2 is 1.46 bits per heavy atom. The van der Waals surface area contributed by atoms with Crippen LogP contribution in [0.1, 0.15) is 0 Å². The number of hydrogen-bond donors (Lipinski definition) is 2. The molecule has 0 unspecified atom stereocenters. The minimum absolute atomic E-state index is 0.0365. The first-order valence-corrected chi connectivity index (χ1v) is 9.29. The van der Waals surface area contributed by atoms with Gasteiger partial charge < -0.3 is 20.1 Å². The van der Waals surface area contributed by atoms with E-state index in [4.69, 9.17) is 32.7 Å². The van der Waals surface area contributed by atoms with Gasteiger partial charge in [-0.2, -0.15) is 0 Å². The average molecular weight is 424 g/mol. The molecule has 2 aromatic rings. The Morgan fingerprint density at radius 3 is 2.11 bits per heavy atom. The fourth-order valence-corrected chi connectivity index (χ4v) is 2.94. The standard InChI is InChI=1S/C19H19Cl2N3O4/c1-24(10-18(25)22-12-2-4-14(20)15(21)8-12)11-19(26)23-13-3-5-16-17(9-13)28-7-6-27-16/h2-5,8-9H,6-7,10-11H2,1H3,(H,22,25)(H,23,26). The maximum atomic E-state index is 12.2. The third-order valence-electron chi connectivity index (χ3n) is 3.86. The van der Waals surface area contributed by atoms with E-state index in [2.05, 4.69) is 10.6 Å². The smallest absolute Gasteiger partial charge is 0.238 e. The summed E-state index contributed by atoms with van der Waals surface area (Å²) in [6.07, 6.45) is 0. The number of nitrogens with one attached hydrogen (secondary N) is 2. The van der Waals surface area contributed by atoms with Crippen molar-refractivity contribution in [1.82, 2.24) is 4.90 Å². The summed E-state index contributed by atoms with van der Waals surface area (Å²) < 4.78 is 10.9. The van der Waals surface area contributed by atoms with Gasteiger partial charge in [0.15, 0.2) is 11.5 Å². The van der Waals surface area contributed by atoms with Gasteiger partial charge in [-0.3, -0.25) is 14.5 Å². The summed E-state index contributed by atoms with van der Waals surface area (Å²) >= 11 is 11.8. The number of nitrogens with zero attached hydrogens (tertiary/aromatic N) is 1. The molecule has 0 aromatic heterocycles. The average Bonchev–Trinajstić information content (AvgIpc) is 2.64. The molecule has 3 rings (SSSR count). The summed E-state index contributed by atoms with van der Waals surface area (Å²) in [5.74, 6) is 0.730. The number of halogens is 2. The van der Waals surface area contributed by atoms with Crippen LogP contribution < -0.4 is 20.1 Å². The van der Waals surface area contributed by atoms with Gasteiger partial charge in [0, 0.05) is 17.4 Å². The molecule has 2 N–H and O–H groups in total. The molecule has 7 nitrogen and oxygen atoms in total. The predicted molar refractivity (Wildman–Crippen MR) is 109 cm³/mol. The number of anilines is 2. The summed E-state index contributed by atoms with van der Waals surface area (Å²) in [6.45, 7) is 1.06. The van der Waals surface area contributed by atoms with Crippen LogP contribution in [0.15, 0.2) is 36.4 Å². The number of benzene rings is 2. The molecule has 148 valence electrons. The molecule has 0 aliphatic carbocycles. The van der Waals surface area contributed by atoms with Crippen LogP contribution >= 0.6 is 23.2 Å². The molecule has 1 aliphatic heterocycles. The molecule has 2 aromatic carbocycles. The van der Waals surface area contributed by atoms with Crippen LogP contribution in [0.4, 0.5) is 11.4 Å². The molecule has 2 amide bonds. The first-order chi connectivity index (χ1) is 13.4. The van der Waals surface area contributed by atoms with Gasteiger partial charge >= 0.3 is 0 Å². The number of ether oxygens (including phenoxy) is 2. The Hall–Kier alpha value is -2.48. The van der Waals surface area contributed by atoms with Crippen molar-refractivity contribution in [2.45, 2.75) is 0 Å². The predicted octanol–water partition coefficient (Wildman–Crippen LogP) is 3.27. The highest BCUT2D eigenvalue weighted by atomic mass is 35.5. The molecule has 0 saturated heterocycles. The first-order valence-electron chi connectivity index (χ1n) is 8.53. The van der Waals surface area contributed by atoms with E-state index in [0.717, 1.165) is 0 Å². The molecule has 0 fully saturated rings. The van der Waals surface area contributed by atoms with Crippen LogP contribution in [0, 0.1) is 0 Å². The summed E-state index contributed by atoms with van der Waals surface area (Å²) in [4.78, 5) is 26.0. The molecule has 0 radical (unpaired) electrons. The third-order valence-corrected chi connectivity index (χ3v) is 4.60. The summed E-state index contributed by atoms with van der Waals surface area (Å²) in [6, 6.07) is 10.0. The number of carbonyl (C=O) groups excluding carboxylic acids is 2. The topological polar surface area (TPSA) is 79.9 Å². The Morgan fingerprint density at radius 1 is 0.893 bits per heavy atom.